The van der Waals surface area contributed by atoms with Crippen molar-refractivity contribution in [1.82, 2.24) is 4.98 Å². The number of hydrogen-bond acceptors (Lipinski definition) is 5. The molecule has 7 heteroatoms. The highest BCUT2D eigenvalue weighted by atomic mass is 32.1. The monoisotopic (exact) mass is 350 g/mol. The number of benzene rings is 1. The molecule has 1 aromatic carbocycles. The highest BCUT2D eigenvalue weighted by Crippen LogP contribution is 2.22. The molecule has 0 spiro atoms. The van der Waals surface area contributed by atoms with Crippen molar-refractivity contribution in [2.24, 2.45) is 5.92 Å². The van der Waals surface area contributed by atoms with Crippen molar-refractivity contribution in [3.05, 3.63) is 46.2 Å². The topological polar surface area (TPSA) is 68.3 Å². The van der Waals surface area contributed by atoms with Gasteiger partial charge in [0.25, 0.3) is 0 Å². The standard InChI is InChI=1S/C17H19FN2O3S/c1-10-4-5-12(8-14(10)18)7-13-9-19-17(24-13)20-15(21)6-11(2)16(22)23-3/h4-5,8-9,11H,6-7H2,1-3H3,(H,19,20,21)/t11-/m0/s1. The molecule has 1 N–H and O–H groups in total. The highest BCUT2D eigenvalue weighted by molar-refractivity contribution is 7.15. The molecule has 24 heavy (non-hydrogen) atoms. The van der Waals surface area contributed by atoms with Crippen molar-refractivity contribution in [2.45, 2.75) is 26.7 Å². The summed E-state index contributed by atoms with van der Waals surface area (Å²) >= 11 is 1.33. The molecule has 0 unspecified atom stereocenters. The molecule has 0 aliphatic rings. The van der Waals surface area contributed by atoms with Crippen LogP contribution in [0.4, 0.5) is 9.52 Å². The lowest BCUT2D eigenvalue weighted by Gasteiger charge is -2.07. The van der Waals surface area contributed by atoms with Gasteiger partial charge in [0.2, 0.25) is 5.91 Å². The molecule has 0 saturated carbocycles. The Balaban J connectivity index is 1.94. The Morgan fingerprint density at radius 1 is 1.42 bits per heavy atom. The first kappa shape index (κ1) is 18.1. The summed E-state index contributed by atoms with van der Waals surface area (Å²) in [6.07, 6.45) is 2.23. The van der Waals surface area contributed by atoms with E-state index < -0.39 is 11.9 Å². The molecule has 2 rings (SSSR count). The third-order valence-corrected chi connectivity index (χ3v) is 4.42. The normalized spacial score (nSPS) is 11.8. The molecule has 0 fully saturated rings. The van der Waals surface area contributed by atoms with Crippen LogP contribution in [0.2, 0.25) is 0 Å². The minimum Gasteiger partial charge on any atom is -0.469 e. The van der Waals surface area contributed by atoms with Gasteiger partial charge in [-0.25, -0.2) is 9.37 Å². The summed E-state index contributed by atoms with van der Waals surface area (Å²) < 4.78 is 18.2. The molecule has 0 aliphatic heterocycles. The number of carbonyl (C=O) groups excluding carboxylic acids is 2. The van der Waals surface area contributed by atoms with Crippen LogP contribution in [-0.4, -0.2) is 24.0 Å². The SMILES string of the molecule is COC(=O)[C@@H](C)CC(=O)Nc1ncc(Cc2ccc(C)c(F)c2)s1. The number of aryl methyl sites for hydroxylation is 1. The fourth-order valence-corrected chi connectivity index (χ4v) is 2.99. The Kier molecular flexibility index (Phi) is 6.03. The molecule has 2 aromatic rings. The highest BCUT2D eigenvalue weighted by Gasteiger charge is 2.18. The van der Waals surface area contributed by atoms with Crippen LogP contribution in [0.1, 0.15) is 29.3 Å². The van der Waals surface area contributed by atoms with Crippen molar-refractivity contribution < 1.29 is 18.7 Å². The first-order chi connectivity index (χ1) is 11.4. The van der Waals surface area contributed by atoms with Gasteiger partial charge in [0.15, 0.2) is 5.13 Å². The number of methoxy groups -OCH3 is 1. The Hall–Kier alpha value is -2.28. The number of ether oxygens (including phenoxy) is 1. The average Bonchev–Trinajstić information content (AvgIpc) is 2.96. The van der Waals surface area contributed by atoms with E-state index in [2.05, 4.69) is 15.0 Å². The summed E-state index contributed by atoms with van der Waals surface area (Å²) in [7, 11) is 1.29. The van der Waals surface area contributed by atoms with Crippen molar-refractivity contribution in [3.63, 3.8) is 0 Å². The van der Waals surface area contributed by atoms with Gasteiger partial charge in [-0.05, 0) is 24.1 Å². The predicted molar refractivity (Wildman–Crippen MR) is 90.5 cm³/mol. The van der Waals surface area contributed by atoms with Gasteiger partial charge >= 0.3 is 5.97 Å². The van der Waals surface area contributed by atoms with Crippen LogP contribution >= 0.6 is 11.3 Å². The largest absolute Gasteiger partial charge is 0.469 e. The maximum Gasteiger partial charge on any atom is 0.308 e. The first-order valence-electron chi connectivity index (χ1n) is 7.46. The third kappa shape index (κ3) is 4.86. The number of rotatable bonds is 6. The quantitative estimate of drug-likeness (QED) is 0.812. The molecular formula is C17H19FN2O3S. The second-order valence-electron chi connectivity index (χ2n) is 5.57. The number of aromatic nitrogens is 1. The van der Waals surface area contributed by atoms with Gasteiger partial charge in [0, 0.05) is 23.9 Å². The second-order valence-corrected chi connectivity index (χ2v) is 6.68. The second kappa shape index (κ2) is 8.01. The Bertz CT molecular complexity index is 745. The molecule has 1 heterocycles. The zero-order valence-corrected chi connectivity index (χ0v) is 14.6. The van der Waals surface area contributed by atoms with E-state index in [1.54, 1.807) is 26.1 Å². The van der Waals surface area contributed by atoms with Gasteiger partial charge in [0.1, 0.15) is 5.82 Å². The van der Waals surface area contributed by atoms with Crippen LogP contribution in [0.15, 0.2) is 24.4 Å². The van der Waals surface area contributed by atoms with Gasteiger partial charge < -0.3 is 10.1 Å². The van der Waals surface area contributed by atoms with Crippen molar-refractivity contribution in [2.75, 3.05) is 12.4 Å². The van der Waals surface area contributed by atoms with Gasteiger partial charge in [0.05, 0.1) is 13.0 Å². The number of nitrogens with one attached hydrogen (secondary N) is 1. The summed E-state index contributed by atoms with van der Waals surface area (Å²) in [5.41, 5.74) is 1.45. The number of anilines is 1. The summed E-state index contributed by atoms with van der Waals surface area (Å²) in [6, 6.07) is 5.11. The molecule has 0 bridgehead atoms. The minimum atomic E-state index is -0.509. The number of thiazole rings is 1. The molecule has 0 saturated heterocycles. The molecule has 5 nitrogen and oxygen atoms in total. The van der Waals surface area contributed by atoms with E-state index in [0.717, 1.165) is 10.4 Å². The number of amides is 1. The van der Waals surface area contributed by atoms with Crippen LogP contribution in [-0.2, 0) is 20.7 Å². The number of carbonyl (C=O) groups is 2. The summed E-state index contributed by atoms with van der Waals surface area (Å²) in [6.45, 7) is 3.35. The van der Waals surface area contributed by atoms with Crippen molar-refractivity contribution in [3.8, 4) is 0 Å². The van der Waals surface area contributed by atoms with E-state index in [0.29, 0.717) is 17.1 Å². The lowest BCUT2D eigenvalue weighted by Crippen LogP contribution is -2.21. The average molecular weight is 350 g/mol. The van der Waals surface area contributed by atoms with Gasteiger partial charge in [-0.1, -0.05) is 19.1 Å². The van der Waals surface area contributed by atoms with E-state index in [4.69, 9.17) is 0 Å². The number of halogens is 1. The summed E-state index contributed by atoms with van der Waals surface area (Å²) in [5.74, 6) is -1.46. The maximum atomic E-state index is 13.6. The number of nitrogens with zero attached hydrogens (tertiary/aromatic N) is 1. The Morgan fingerprint density at radius 2 is 2.17 bits per heavy atom. The van der Waals surface area contributed by atoms with Crippen LogP contribution in [0.3, 0.4) is 0 Å². The number of esters is 1. The van der Waals surface area contributed by atoms with Crippen LogP contribution in [0, 0.1) is 18.7 Å². The fraction of sp³-hybridized carbons (Fsp3) is 0.353. The molecule has 0 radical (unpaired) electrons. The van der Waals surface area contributed by atoms with Crippen LogP contribution in [0.25, 0.3) is 0 Å². The Labute approximate surface area is 143 Å². The van der Waals surface area contributed by atoms with E-state index in [-0.39, 0.29) is 18.1 Å². The van der Waals surface area contributed by atoms with Crippen molar-refractivity contribution >= 4 is 28.3 Å². The molecule has 0 aliphatic carbocycles. The van der Waals surface area contributed by atoms with E-state index in [9.17, 15) is 14.0 Å². The summed E-state index contributed by atoms with van der Waals surface area (Å²) in [5, 5.41) is 3.12. The maximum absolute atomic E-state index is 13.6. The molecule has 1 amide bonds. The third-order valence-electron chi connectivity index (χ3n) is 3.51. The molecule has 1 atom stereocenters. The van der Waals surface area contributed by atoms with Crippen molar-refractivity contribution in [1.29, 1.82) is 0 Å². The minimum absolute atomic E-state index is 0.0325. The smallest absolute Gasteiger partial charge is 0.308 e. The van der Waals surface area contributed by atoms with Crippen LogP contribution < -0.4 is 5.32 Å². The molecule has 1 aromatic heterocycles. The molecule has 128 valence electrons. The van der Waals surface area contributed by atoms with Crippen LogP contribution in [0.5, 0.6) is 0 Å². The number of hydrogen-bond donors (Lipinski definition) is 1. The van der Waals surface area contributed by atoms with Gasteiger partial charge in [-0.2, -0.15) is 0 Å². The van der Waals surface area contributed by atoms with E-state index in [1.807, 2.05) is 6.07 Å². The molecular weight excluding hydrogens is 331 g/mol. The Morgan fingerprint density at radius 3 is 2.83 bits per heavy atom. The lowest BCUT2D eigenvalue weighted by molar-refractivity contribution is -0.146. The lowest BCUT2D eigenvalue weighted by atomic mass is 10.1. The first-order valence-corrected chi connectivity index (χ1v) is 8.28. The van der Waals surface area contributed by atoms with Gasteiger partial charge in [-0.15, -0.1) is 11.3 Å². The van der Waals surface area contributed by atoms with Gasteiger partial charge in [-0.3, -0.25) is 9.59 Å². The van der Waals surface area contributed by atoms with E-state index in [1.165, 1.54) is 24.5 Å². The van der Waals surface area contributed by atoms with E-state index >= 15 is 0 Å². The zero-order valence-electron chi connectivity index (χ0n) is 13.8. The summed E-state index contributed by atoms with van der Waals surface area (Å²) in [4.78, 5) is 28.3. The fourth-order valence-electron chi connectivity index (χ4n) is 2.13. The predicted octanol–water partition coefficient (Wildman–Crippen LogP) is 3.32. The zero-order chi connectivity index (χ0) is 17.7.